The van der Waals surface area contributed by atoms with Crippen molar-refractivity contribution < 1.29 is 36.3 Å². The van der Waals surface area contributed by atoms with Crippen LogP contribution in [-0.4, -0.2) is 19.0 Å². The maximum atomic E-state index is 13.5. The molecule has 2 rings (SSSR count). The molecule has 4 nitrogen and oxygen atoms in total. The van der Waals surface area contributed by atoms with E-state index in [9.17, 15) is 31.5 Å². The van der Waals surface area contributed by atoms with Gasteiger partial charge in [0.25, 0.3) is 5.91 Å². The lowest BCUT2D eigenvalue weighted by atomic mass is 10.1. The predicted molar refractivity (Wildman–Crippen MR) is 73.1 cm³/mol. The van der Waals surface area contributed by atoms with Gasteiger partial charge in [-0.05, 0) is 17.0 Å². The Bertz CT molecular complexity index is 792. The summed E-state index contributed by atoms with van der Waals surface area (Å²) < 4.78 is 70.7. The quantitative estimate of drug-likeness (QED) is 0.392. The fourth-order valence-electron chi connectivity index (χ4n) is 1.81. The molecular formula is C14H8F5NO3S. The molecule has 0 aliphatic heterocycles. The molecule has 128 valence electrons. The van der Waals surface area contributed by atoms with Crippen molar-refractivity contribution in [1.29, 1.82) is 0 Å². The molecule has 0 saturated heterocycles. The Morgan fingerprint density at radius 2 is 1.58 bits per heavy atom. The molecule has 0 radical (unpaired) electrons. The van der Waals surface area contributed by atoms with Crippen LogP contribution in [-0.2, 0) is 11.3 Å². The summed E-state index contributed by atoms with van der Waals surface area (Å²) >= 11 is 0.999. The fraction of sp³-hybridized carbons (Fsp3) is 0.143. The average Bonchev–Trinajstić information content (AvgIpc) is 3.04. The summed E-state index contributed by atoms with van der Waals surface area (Å²) in [6, 6.07) is 1.44. The van der Waals surface area contributed by atoms with Gasteiger partial charge in [-0.2, -0.15) is 0 Å². The molecule has 1 aromatic heterocycles. The Kier molecular flexibility index (Phi) is 5.17. The molecule has 0 atom stereocenters. The van der Waals surface area contributed by atoms with Crippen LogP contribution in [0.5, 0.6) is 0 Å². The summed E-state index contributed by atoms with van der Waals surface area (Å²) in [6.07, 6.45) is 0. The van der Waals surface area contributed by atoms with Gasteiger partial charge in [0.15, 0.2) is 23.3 Å². The molecule has 0 saturated carbocycles. The van der Waals surface area contributed by atoms with Crippen LogP contribution in [0.4, 0.5) is 22.0 Å². The lowest BCUT2D eigenvalue weighted by Gasteiger charge is -2.09. The van der Waals surface area contributed by atoms with Gasteiger partial charge in [-0.3, -0.25) is 4.79 Å². The van der Waals surface area contributed by atoms with Crippen LogP contribution in [0.15, 0.2) is 11.4 Å². The molecule has 0 bridgehead atoms. The average molecular weight is 365 g/mol. The molecule has 1 aromatic carbocycles. The minimum Gasteiger partial charge on any atom is -0.465 e. The molecule has 1 amide bonds. The normalized spacial score (nSPS) is 10.6. The van der Waals surface area contributed by atoms with Crippen LogP contribution in [0.25, 0.3) is 0 Å². The Morgan fingerprint density at radius 3 is 2.12 bits per heavy atom. The van der Waals surface area contributed by atoms with Crippen molar-refractivity contribution in [2.45, 2.75) is 6.54 Å². The Morgan fingerprint density at radius 1 is 1.04 bits per heavy atom. The van der Waals surface area contributed by atoms with E-state index in [2.05, 4.69) is 4.74 Å². The third-order valence-electron chi connectivity index (χ3n) is 2.99. The Balaban J connectivity index is 2.26. The van der Waals surface area contributed by atoms with Crippen molar-refractivity contribution in [3.8, 4) is 0 Å². The Hall–Kier alpha value is -2.49. The standard InChI is InChI=1S/C14H8F5NO3S/c1-23-14(22)12-5(2-3-24-12)4-20-13(21)6-7(15)9(17)11(19)10(18)8(6)16/h2-3H,4H2,1H3,(H,20,21). The number of benzene rings is 1. The second-order valence-electron chi connectivity index (χ2n) is 4.39. The van der Waals surface area contributed by atoms with Crippen LogP contribution in [0.3, 0.4) is 0 Å². The second kappa shape index (κ2) is 6.95. The summed E-state index contributed by atoms with van der Waals surface area (Å²) in [5.41, 5.74) is -1.33. The highest BCUT2D eigenvalue weighted by Crippen LogP contribution is 2.23. The zero-order chi connectivity index (χ0) is 18.0. The van der Waals surface area contributed by atoms with Gasteiger partial charge < -0.3 is 10.1 Å². The number of rotatable bonds is 4. The smallest absolute Gasteiger partial charge is 0.348 e. The largest absolute Gasteiger partial charge is 0.465 e. The molecule has 0 fully saturated rings. The van der Waals surface area contributed by atoms with Gasteiger partial charge in [0.2, 0.25) is 5.82 Å². The first kappa shape index (κ1) is 17.9. The molecule has 2 aromatic rings. The third-order valence-corrected chi connectivity index (χ3v) is 3.93. The summed E-state index contributed by atoms with van der Waals surface area (Å²) in [4.78, 5) is 23.4. The summed E-state index contributed by atoms with van der Waals surface area (Å²) in [6.45, 7) is -0.369. The number of ether oxygens (including phenoxy) is 1. The second-order valence-corrected chi connectivity index (χ2v) is 5.31. The van der Waals surface area contributed by atoms with Crippen LogP contribution in [0.1, 0.15) is 25.6 Å². The van der Waals surface area contributed by atoms with Crippen molar-refractivity contribution in [3.63, 3.8) is 0 Å². The van der Waals surface area contributed by atoms with Gasteiger partial charge in [-0.25, -0.2) is 26.7 Å². The molecule has 0 aliphatic carbocycles. The molecule has 0 unspecified atom stereocenters. The van der Waals surface area contributed by atoms with Crippen LogP contribution in [0, 0.1) is 29.1 Å². The fourth-order valence-corrected chi connectivity index (χ4v) is 2.65. The maximum absolute atomic E-state index is 13.5. The van der Waals surface area contributed by atoms with Gasteiger partial charge in [0.1, 0.15) is 10.4 Å². The van der Waals surface area contributed by atoms with Gasteiger partial charge in [-0.15, -0.1) is 11.3 Å². The van der Waals surface area contributed by atoms with E-state index in [1.165, 1.54) is 11.4 Å². The van der Waals surface area contributed by atoms with Crippen LogP contribution in [0.2, 0.25) is 0 Å². The number of hydrogen-bond acceptors (Lipinski definition) is 4. The molecular weight excluding hydrogens is 357 g/mol. The molecule has 1 N–H and O–H groups in total. The number of thiophene rings is 1. The van der Waals surface area contributed by atoms with Gasteiger partial charge >= 0.3 is 5.97 Å². The number of nitrogens with one attached hydrogen (secondary N) is 1. The highest BCUT2D eigenvalue weighted by molar-refractivity contribution is 7.12. The number of amides is 1. The zero-order valence-corrected chi connectivity index (χ0v) is 12.7. The van der Waals surface area contributed by atoms with Crippen LogP contribution >= 0.6 is 11.3 Å². The van der Waals surface area contributed by atoms with E-state index in [0.717, 1.165) is 18.4 Å². The molecule has 10 heteroatoms. The summed E-state index contributed by atoms with van der Waals surface area (Å²) in [5, 5.41) is 3.51. The van der Waals surface area contributed by atoms with Gasteiger partial charge in [0.05, 0.1) is 7.11 Å². The maximum Gasteiger partial charge on any atom is 0.348 e. The minimum absolute atomic E-state index is 0.134. The number of halogens is 5. The monoisotopic (exact) mass is 365 g/mol. The first-order valence-corrected chi connectivity index (χ1v) is 7.11. The van der Waals surface area contributed by atoms with Crippen molar-refractivity contribution >= 4 is 23.2 Å². The summed E-state index contributed by atoms with van der Waals surface area (Å²) in [7, 11) is 1.14. The van der Waals surface area contributed by atoms with Crippen molar-refractivity contribution in [2.75, 3.05) is 7.11 Å². The van der Waals surface area contributed by atoms with E-state index in [-0.39, 0.29) is 17.0 Å². The Labute approximate surface area is 135 Å². The van der Waals surface area contributed by atoms with Crippen LogP contribution < -0.4 is 5.32 Å². The van der Waals surface area contributed by atoms with Crippen molar-refractivity contribution in [1.82, 2.24) is 5.32 Å². The molecule has 0 spiro atoms. The third kappa shape index (κ3) is 3.09. The van der Waals surface area contributed by atoms with Gasteiger partial charge in [0, 0.05) is 6.54 Å². The lowest BCUT2D eigenvalue weighted by Crippen LogP contribution is -2.27. The molecule has 0 aliphatic rings. The number of hydrogen-bond donors (Lipinski definition) is 1. The van der Waals surface area contributed by atoms with Crippen molar-refractivity contribution in [2.24, 2.45) is 0 Å². The SMILES string of the molecule is COC(=O)c1sccc1CNC(=O)c1c(F)c(F)c(F)c(F)c1F. The first-order valence-electron chi connectivity index (χ1n) is 6.23. The zero-order valence-electron chi connectivity index (χ0n) is 11.9. The highest BCUT2D eigenvalue weighted by Gasteiger charge is 2.29. The van der Waals surface area contributed by atoms with Crippen molar-refractivity contribution in [3.05, 3.63) is 56.5 Å². The number of esters is 1. The summed E-state index contributed by atoms with van der Waals surface area (Å²) in [5.74, 6) is -13.5. The minimum atomic E-state index is -2.35. The molecule has 1 heterocycles. The van der Waals surface area contributed by atoms with E-state index in [4.69, 9.17) is 0 Å². The topological polar surface area (TPSA) is 55.4 Å². The number of methoxy groups -OCH3 is 1. The van der Waals surface area contributed by atoms with E-state index in [1.54, 1.807) is 0 Å². The number of carbonyl (C=O) groups is 2. The van der Waals surface area contributed by atoms with Gasteiger partial charge in [-0.1, -0.05) is 0 Å². The first-order chi connectivity index (χ1) is 11.3. The highest BCUT2D eigenvalue weighted by atomic mass is 32.1. The van der Waals surface area contributed by atoms with E-state index < -0.39 is 46.5 Å². The molecule has 24 heavy (non-hydrogen) atoms. The number of carbonyl (C=O) groups excluding carboxylic acids is 2. The predicted octanol–water partition coefficient (Wildman–Crippen LogP) is 3.16. The lowest BCUT2D eigenvalue weighted by molar-refractivity contribution is 0.0604. The van der Waals surface area contributed by atoms with E-state index in [0.29, 0.717) is 0 Å². The van der Waals surface area contributed by atoms with E-state index in [1.807, 2.05) is 5.32 Å². The van der Waals surface area contributed by atoms with E-state index >= 15 is 0 Å².